The van der Waals surface area contributed by atoms with Crippen molar-refractivity contribution >= 4 is 28.2 Å². The van der Waals surface area contributed by atoms with Gasteiger partial charge in [-0.3, -0.25) is 9.59 Å². The molecule has 1 unspecified atom stereocenters. The van der Waals surface area contributed by atoms with Crippen LogP contribution in [-0.2, 0) is 4.79 Å². The number of Topliss-reactive ketones (excluding diaryl/α,β-unsaturated/α-hetero) is 1. The van der Waals surface area contributed by atoms with E-state index in [0.717, 1.165) is 17.8 Å². The first-order valence-electron chi connectivity index (χ1n) is 5.44. The molecule has 6 heteroatoms. The van der Waals surface area contributed by atoms with Gasteiger partial charge in [-0.1, -0.05) is 24.7 Å². The standard InChI is InChI=1S/C11H17N3O2S/c1-4-5-11(3,12)9(16)14-10-13-6-8(17-10)7(2)15/h6H,4-5,12H2,1-3H3,(H,13,14,16). The maximum absolute atomic E-state index is 11.8. The average Bonchev–Trinajstić information content (AvgIpc) is 2.66. The van der Waals surface area contributed by atoms with Gasteiger partial charge < -0.3 is 11.1 Å². The molecule has 0 bridgehead atoms. The average molecular weight is 255 g/mol. The first-order valence-corrected chi connectivity index (χ1v) is 6.25. The van der Waals surface area contributed by atoms with Crippen molar-refractivity contribution in [2.75, 3.05) is 5.32 Å². The van der Waals surface area contributed by atoms with Gasteiger partial charge in [-0.25, -0.2) is 4.98 Å². The van der Waals surface area contributed by atoms with Crippen molar-refractivity contribution in [1.29, 1.82) is 0 Å². The number of nitrogens with zero attached hydrogens (tertiary/aromatic N) is 1. The third-order valence-corrected chi connectivity index (χ3v) is 3.37. The minimum Gasteiger partial charge on any atom is -0.318 e. The van der Waals surface area contributed by atoms with Gasteiger partial charge in [-0.2, -0.15) is 0 Å². The van der Waals surface area contributed by atoms with Gasteiger partial charge >= 0.3 is 0 Å². The number of hydrogen-bond donors (Lipinski definition) is 2. The van der Waals surface area contributed by atoms with E-state index in [9.17, 15) is 9.59 Å². The third kappa shape index (κ3) is 3.61. The Balaban J connectivity index is 2.70. The number of ketones is 1. The molecule has 17 heavy (non-hydrogen) atoms. The molecule has 1 atom stereocenters. The molecule has 0 radical (unpaired) electrons. The van der Waals surface area contributed by atoms with Gasteiger partial charge in [-0.15, -0.1) is 0 Å². The normalized spacial score (nSPS) is 14.1. The molecule has 0 aromatic carbocycles. The summed E-state index contributed by atoms with van der Waals surface area (Å²) in [6.45, 7) is 5.12. The summed E-state index contributed by atoms with van der Waals surface area (Å²) in [4.78, 5) is 27.4. The first-order chi connectivity index (χ1) is 7.86. The third-order valence-electron chi connectivity index (χ3n) is 2.36. The molecule has 0 fully saturated rings. The topological polar surface area (TPSA) is 85.1 Å². The lowest BCUT2D eigenvalue weighted by Crippen LogP contribution is -2.48. The maximum atomic E-state index is 11.8. The van der Waals surface area contributed by atoms with Crippen molar-refractivity contribution in [3.8, 4) is 0 Å². The van der Waals surface area contributed by atoms with Crippen molar-refractivity contribution in [1.82, 2.24) is 4.98 Å². The lowest BCUT2D eigenvalue weighted by Gasteiger charge is -2.21. The zero-order valence-corrected chi connectivity index (χ0v) is 11.1. The van der Waals surface area contributed by atoms with Crippen LogP contribution >= 0.6 is 11.3 Å². The maximum Gasteiger partial charge on any atom is 0.245 e. The number of thiazole rings is 1. The minimum atomic E-state index is -0.906. The lowest BCUT2D eigenvalue weighted by atomic mass is 9.97. The summed E-state index contributed by atoms with van der Waals surface area (Å²) >= 11 is 1.16. The van der Waals surface area contributed by atoms with E-state index in [0.29, 0.717) is 16.4 Å². The van der Waals surface area contributed by atoms with Crippen molar-refractivity contribution in [3.63, 3.8) is 0 Å². The number of nitrogens with two attached hydrogens (primary N) is 1. The van der Waals surface area contributed by atoms with Gasteiger partial charge in [0.25, 0.3) is 0 Å². The molecular formula is C11H17N3O2S. The summed E-state index contributed by atoms with van der Waals surface area (Å²) < 4.78 is 0. The quantitative estimate of drug-likeness (QED) is 0.786. The molecule has 94 valence electrons. The summed E-state index contributed by atoms with van der Waals surface area (Å²) in [5, 5.41) is 3.04. The Bertz CT molecular complexity index is 426. The van der Waals surface area contributed by atoms with Gasteiger partial charge in [0.05, 0.1) is 16.6 Å². The van der Waals surface area contributed by atoms with Gasteiger partial charge in [0.1, 0.15) is 0 Å². The highest BCUT2D eigenvalue weighted by Crippen LogP contribution is 2.20. The molecule has 5 nitrogen and oxygen atoms in total. The number of anilines is 1. The number of carbonyl (C=O) groups excluding carboxylic acids is 2. The van der Waals surface area contributed by atoms with E-state index in [1.54, 1.807) is 6.92 Å². The van der Waals surface area contributed by atoms with Crippen LogP contribution in [0.25, 0.3) is 0 Å². The Kier molecular flexibility index (Phi) is 4.36. The van der Waals surface area contributed by atoms with Crippen molar-refractivity contribution in [3.05, 3.63) is 11.1 Å². The SMILES string of the molecule is CCCC(C)(N)C(=O)Nc1ncc(C(C)=O)s1. The lowest BCUT2D eigenvalue weighted by molar-refractivity contribution is -0.120. The molecule has 0 saturated heterocycles. The van der Waals surface area contributed by atoms with E-state index in [4.69, 9.17) is 5.73 Å². The van der Waals surface area contributed by atoms with Gasteiger partial charge in [-0.05, 0) is 13.3 Å². The highest BCUT2D eigenvalue weighted by atomic mass is 32.1. The second-order valence-electron chi connectivity index (χ2n) is 4.21. The largest absolute Gasteiger partial charge is 0.318 e. The van der Waals surface area contributed by atoms with E-state index in [1.807, 2.05) is 6.92 Å². The summed E-state index contributed by atoms with van der Waals surface area (Å²) in [6.07, 6.45) is 2.89. The molecule has 0 saturated carbocycles. The molecule has 1 rings (SSSR count). The first kappa shape index (κ1) is 13.8. The van der Waals surface area contributed by atoms with Crippen LogP contribution < -0.4 is 11.1 Å². The molecule has 3 N–H and O–H groups in total. The smallest absolute Gasteiger partial charge is 0.245 e. The fourth-order valence-electron chi connectivity index (χ4n) is 1.37. The van der Waals surface area contributed by atoms with Gasteiger partial charge in [0.2, 0.25) is 5.91 Å². The van der Waals surface area contributed by atoms with Crippen LogP contribution in [0, 0.1) is 0 Å². The van der Waals surface area contributed by atoms with Crippen LogP contribution in [0.15, 0.2) is 6.20 Å². The Morgan fingerprint density at radius 1 is 1.59 bits per heavy atom. The number of hydrogen-bond acceptors (Lipinski definition) is 5. The zero-order chi connectivity index (χ0) is 13.1. The van der Waals surface area contributed by atoms with E-state index >= 15 is 0 Å². The van der Waals surface area contributed by atoms with Crippen molar-refractivity contribution in [2.24, 2.45) is 5.73 Å². The van der Waals surface area contributed by atoms with Crippen LogP contribution in [-0.4, -0.2) is 22.2 Å². The van der Waals surface area contributed by atoms with Gasteiger partial charge in [0.15, 0.2) is 10.9 Å². The molecule has 0 aliphatic heterocycles. The molecule has 1 aromatic rings. The number of amides is 1. The van der Waals surface area contributed by atoms with E-state index in [-0.39, 0.29) is 11.7 Å². The zero-order valence-electron chi connectivity index (χ0n) is 10.2. The minimum absolute atomic E-state index is 0.0629. The summed E-state index contributed by atoms with van der Waals surface area (Å²) in [6, 6.07) is 0. The fourth-order valence-corrected chi connectivity index (χ4v) is 2.07. The molecule has 0 aliphatic rings. The van der Waals surface area contributed by atoms with Crippen LogP contribution in [0.2, 0.25) is 0 Å². The summed E-state index contributed by atoms with van der Waals surface area (Å²) in [7, 11) is 0. The number of carbonyl (C=O) groups is 2. The molecule has 1 aromatic heterocycles. The Morgan fingerprint density at radius 3 is 2.71 bits per heavy atom. The van der Waals surface area contributed by atoms with Crippen LogP contribution in [0.1, 0.15) is 43.3 Å². The summed E-state index contributed by atoms with van der Waals surface area (Å²) in [5.41, 5.74) is 4.98. The van der Waals surface area contributed by atoms with E-state index in [2.05, 4.69) is 10.3 Å². The molecule has 1 heterocycles. The monoisotopic (exact) mass is 255 g/mol. The predicted octanol–water partition coefficient (Wildman–Crippen LogP) is 1.80. The highest BCUT2D eigenvalue weighted by molar-refractivity contribution is 7.17. The highest BCUT2D eigenvalue weighted by Gasteiger charge is 2.27. The van der Waals surface area contributed by atoms with Crippen molar-refractivity contribution in [2.45, 2.75) is 39.2 Å². The number of nitrogens with one attached hydrogen (secondary N) is 1. The Hall–Kier alpha value is -1.27. The van der Waals surface area contributed by atoms with Crippen LogP contribution in [0.3, 0.4) is 0 Å². The Labute approximate surface area is 104 Å². The number of aromatic nitrogens is 1. The molecule has 0 aliphatic carbocycles. The second-order valence-corrected chi connectivity index (χ2v) is 5.24. The number of rotatable bonds is 5. The van der Waals surface area contributed by atoms with Crippen molar-refractivity contribution < 1.29 is 9.59 Å². The predicted molar refractivity (Wildman–Crippen MR) is 68.2 cm³/mol. The summed E-state index contributed by atoms with van der Waals surface area (Å²) in [5.74, 6) is -0.337. The fraction of sp³-hybridized carbons (Fsp3) is 0.545. The van der Waals surface area contributed by atoms with E-state index < -0.39 is 5.54 Å². The second kappa shape index (κ2) is 5.37. The molecule has 0 spiro atoms. The van der Waals surface area contributed by atoms with Crippen LogP contribution in [0.5, 0.6) is 0 Å². The van der Waals surface area contributed by atoms with E-state index in [1.165, 1.54) is 13.1 Å². The van der Waals surface area contributed by atoms with Crippen LogP contribution in [0.4, 0.5) is 5.13 Å². The molecular weight excluding hydrogens is 238 g/mol. The molecule has 1 amide bonds. The van der Waals surface area contributed by atoms with Gasteiger partial charge in [0, 0.05) is 6.92 Å². The Morgan fingerprint density at radius 2 is 2.24 bits per heavy atom.